The van der Waals surface area contributed by atoms with Crippen LogP contribution in [0.4, 0.5) is 0 Å². The van der Waals surface area contributed by atoms with Gasteiger partial charge < -0.3 is 14.4 Å². The van der Waals surface area contributed by atoms with E-state index in [1.807, 2.05) is 34.6 Å². The van der Waals surface area contributed by atoms with Gasteiger partial charge in [0, 0.05) is 4.88 Å². The molecule has 25 heavy (non-hydrogen) atoms. The summed E-state index contributed by atoms with van der Waals surface area (Å²) >= 11 is 1.63. The van der Waals surface area contributed by atoms with E-state index in [2.05, 4.69) is 13.8 Å². The molecule has 0 saturated carbocycles. The maximum atomic E-state index is 13.0. The highest BCUT2D eigenvalue weighted by atomic mass is 32.1. The monoisotopic (exact) mass is 361 g/mol. The normalized spacial score (nSPS) is 32.7. The summed E-state index contributed by atoms with van der Waals surface area (Å²) in [5, 5.41) is 2.01. The second kappa shape index (κ2) is 6.25. The number of likely N-dealkylation sites (tertiary alicyclic amines) is 1. The topological polar surface area (TPSA) is 55.8 Å². The Labute approximate surface area is 151 Å². The van der Waals surface area contributed by atoms with Crippen LogP contribution in [0.3, 0.4) is 0 Å². The number of rotatable bonds is 6. The van der Waals surface area contributed by atoms with Crippen LogP contribution in [0.2, 0.25) is 0 Å². The van der Waals surface area contributed by atoms with Gasteiger partial charge >= 0.3 is 5.97 Å². The molecule has 5 nitrogen and oxygen atoms in total. The first-order valence-electron chi connectivity index (χ1n) is 8.85. The lowest BCUT2D eigenvalue weighted by molar-refractivity contribution is -0.154. The van der Waals surface area contributed by atoms with Gasteiger partial charge in [0.25, 0.3) is 0 Å². The lowest BCUT2D eigenvalue weighted by Crippen LogP contribution is -2.40. The third kappa shape index (κ3) is 2.81. The van der Waals surface area contributed by atoms with E-state index in [4.69, 9.17) is 9.47 Å². The van der Waals surface area contributed by atoms with Crippen molar-refractivity contribution < 1.29 is 19.1 Å². The fourth-order valence-electron chi connectivity index (χ4n) is 4.06. The van der Waals surface area contributed by atoms with Gasteiger partial charge in [0.05, 0.1) is 31.7 Å². The number of thiophene rings is 1. The molecule has 0 radical (unpaired) electrons. The van der Waals surface area contributed by atoms with Gasteiger partial charge in [0.1, 0.15) is 11.5 Å². The Morgan fingerprint density at radius 1 is 1.52 bits per heavy atom. The lowest BCUT2D eigenvalue weighted by Gasteiger charge is -2.23. The van der Waals surface area contributed by atoms with Crippen molar-refractivity contribution in [3.8, 4) is 0 Å². The number of esters is 1. The standard InChI is InChI=1S/C19H23NO4S/c1-12(2)6-8-23-18(22)15-14-5-7-19(24-14)11-20(17(21)16(15)19)10-13-4-3-9-25-13/h3-5,7,9,12,14-16H,6,8,10-11H2,1-2H3/t14-,15-,16-,19+/m0/s1. The molecule has 1 aromatic rings. The number of amides is 1. The van der Waals surface area contributed by atoms with Crippen molar-refractivity contribution >= 4 is 23.2 Å². The van der Waals surface area contributed by atoms with Crippen LogP contribution in [-0.4, -0.2) is 41.6 Å². The van der Waals surface area contributed by atoms with Crippen molar-refractivity contribution in [1.29, 1.82) is 0 Å². The van der Waals surface area contributed by atoms with Crippen molar-refractivity contribution in [2.75, 3.05) is 13.2 Å². The zero-order valence-corrected chi connectivity index (χ0v) is 15.3. The summed E-state index contributed by atoms with van der Waals surface area (Å²) < 4.78 is 11.6. The van der Waals surface area contributed by atoms with E-state index < -0.39 is 17.4 Å². The quantitative estimate of drug-likeness (QED) is 0.577. The van der Waals surface area contributed by atoms with Gasteiger partial charge in [-0.3, -0.25) is 9.59 Å². The Hall–Kier alpha value is -1.66. The molecule has 134 valence electrons. The predicted molar refractivity (Wildman–Crippen MR) is 93.9 cm³/mol. The van der Waals surface area contributed by atoms with Gasteiger partial charge in [-0.05, 0) is 23.8 Å². The molecule has 1 aromatic heterocycles. The number of hydrogen-bond donors (Lipinski definition) is 0. The highest BCUT2D eigenvalue weighted by Crippen LogP contribution is 2.52. The molecule has 0 N–H and O–H groups in total. The van der Waals surface area contributed by atoms with Crippen molar-refractivity contribution in [3.63, 3.8) is 0 Å². The van der Waals surface area contributed by atoms with Gasteiger partial charge in [-0.25, -0.2) is 0 Å². The van der Waals surface area contributed by atoms with E-state index in [0.717, 1.165) is 11.3 Å². The summed E-state index contributed by atoms with van der Waals surface area (Å²) in [6.45, 7) is 5.67. The van der Waals surface area contributed by atoms with Gasteiger partial charge in [-0.15, -0.1) is 11.3 Å². The van der Waals surface area contributed by atoms with Crippen LogP contribution < -0.4 is 0 Å². The van der Waals surface area contributed by atoms with Crippen molar-refractivity contribution in [2.45, 2.75) is 38.5 Å². The fraction of sp³-hybridized carbons (Fsp3) is 0.579. The number of nitrogens with zero attached hydrogens (tertiary/aromatic N) is 1. The van der Waals surface area contributed by atoms with E-state index in [9.17, 15) is 9.59 Å². The number of hydrogen-bond acceptors (Lipinski definition) is 5. The van der Waals surface area contributed by atoms with Crippen LogP contribution in [0, 0.1) is 17.8 Å². The Morgan fingerprint density at radius 2 is 2.36 bits per heavy atom. The van der Waals surface area contributed by atoms with E-state index in [1.165, 1.54) is 0 Å². The second-order valence-electron chi connectivity index (χ2n) is 7.52. The molecule has 2 fully saturated rings. The Bertz CT molecular complexity index is 698. The molecule has 0 aromatic carbocycles. The van der Waals surface area contributed by atoms with Crippen LogP contribution in [0.15, 0.2) is 29.7 Å². The van der Waals surface area contributed by atoms with E-state index in [1.54, 1.807) is 11.3 Å². The average Bonchev–Trinajstić information content (AvgIpc) is 3.30. The number of carbonyl (C=O) groups is 2. The molecule has 1 amide bonds. The predicted octanol–water partition coefficient (Wildman–Crippen LogP) is 2.62. The smallest absolute Gasteiger partial charge is 0.312 e. The van der Waals surface area contributed by atoms with Crippen molar-refractivity contribution in [2.24, 2.45) is 17.8 Å². The second-order valence-corrected chi connectivity index (χ2v) is 8.56. The first kappa shape index (κ1) is 16.8. The maximum Gasteiger partial charge on any atom is 0.312 e. The highest BCUT2D eigenvalue weighted by Gasteiger charge is 2.67. The molecule has 0 aliphatic carbocycles. The SMILES string of the molecule is CC(C)CCOC(=O)[C@H]1[C@@H]2C=C[C@]3(CN(Cc4cccs4)C(=O)[C@H]13)O2. The molecule has 4 atom stereocenters. The van der Waals surface area contributed by atoms with Crippen LogP contribution in [0.25, 0.3) is 0 Å². The van der Waals surface area contributed by atoms with Crippen molar-refractivity contribution in [1.82, 2.24) is 4.90 Å². The summed E-state index contributed by atoms with van der Waals surface area (Å²) in [7, 11) is 0. The van der Waals surface area contributed by atoms with Gasteiger partial charge in [-0.2, -0.15) is 0 Å². The van der Waals surface area contributed by atoms with Crippen LogP contribution in [-0.2, 0) is 25.6 Å². The summed E-state index contributed by atoms with van der Waals surface area (Å²) in [4.78, 5) is 28.6. The lowest BCUT2D eigenvalue weighted by atomic mass is 9.77. The first-order chi connectivity index (χ1) is 12.0. The van der Waals surface area contributed by atoms with Crippen LogP contribution in [0.1, 0.15) is 25.1 Å². The molecule has 4 rings (SSSR count). The summed E-state index contributed by atoms with van der Waals surface area (Å²) in [5.41, 5.74) is -0.652. The zero-order valence-electron chi connectivity index (χ0n) is 14.5. The average molecular weight is 361 g/mol. The number of ether oxygens (including phenoxy) is 2. The van der Waals surface area contributed by atoms with Crippen LogP contribution in [0.5, 0.6) is 0 Å². The fourth-order valence-corrected chi connectivity index (χ4v) is 4.78. The molecule has 3 aliphatic heterocycles. The number of fused-ring (bicyclic) bond motifs is 1. The third-order valence-corrected chi connectivity index (χ3v) is 6.18. The molecule has 2 saturated heterocycles. The minimum absolute atomic E-state index is 0.00561. The molecule has 3 aliphatic rings. The Morgan fingerprint density at radius 3 is 3.08 bits per heavy atom. The Balaban J connectivity index is 1.49. The molecule has 0 unspecified atom stereocenters. The van der Waals surface area contributed by atoms with Gasteiger partial charge in [0.2, 0.25) is 5.91 Å². The largest absolute Gasteiger partial charge is 0.465 e. The molecular formula is C19H23NO4S. The third-order valence-electron chi connectivity index (χ3n) is 5.32. The summed E-state index contributed by atoms with van der Waals surface area (Å²) in [5.74, 6) is -0.781. The van der Waals surface area contributed by atoms with E-state index in [0.29, 0.717) is 25.6 Å². The number of carbonyl (C=O) groups excluding carboxylic acids is 2. The van der Waals surface area contributed by atoms with E-state index >= 15 is 0 Å². The van der Waals surface area contributed by atoms with E-state index in [-0.39, 0.29) is 18.0 Å². The molecule has 2 bridgehead atoms. The minimum Gasteiger partial charge on any atom is -0.465 e. The van der Waals surface area contributed by atoms with Gasteiger partial charge in [-0.1, -0.05) is 32.1 Å². The van der Waals surface area contributed by atoms with Gasteiger partial charge in [0.15, 0.2) is 0 Å². The first-order valence-corrected chi connectivity index (χ1v) is 9.73. The summed E-state index contributed by atoms with van der Waals surface area (Å²) in [6.07, 6.45) is 4.40. The van der Waals surface area contributed by atoms with Crippen molar-refractivity contribution in [3.05, 3.63) is 34.5 Å². The highest BCUT2D eigenvalue weighted by molar-refractivity contribution is 7.09. The molecule has 1 spiro atoms. The Kier molecular flexibility index (Phi) is 4.20. The molecular weight excluding hydrogens is 338 g/mol. The molecule has 6 heteroatoms. The summed E-state index contributed by atoms with van der Waals surface area (Å²) in [6, 6.07) is 4.01. The molecule has 4 heterocycles. The minimum atomic E-state index is -0.652. The van der Waals surface area contributed by atoms with Crippen LogP contribution >= 0.6 is 11.3 Å². The maximum absolute atomic E-state index is 13.0. The zero-order chi connectivity index (χ0) is 17.6.